The van der Waals surface area contributed by atoms with Crippen LogP contribution in [0.2, 0.25) is 0 Å². The molecule has 0 aromatic heterocycles. The highest BCUT2D eigenvalue weighted by Gasteiger charge is 2.37. The fraction of sp³-hybridized carbons (Fsp3) is 0.273. The van der Waals surface area contributed by atoms with E-state index in [-0.39, 0.29) is 6.04 Å². The van der Waals surface area contributed by atoms with Gasteiger partial charge in [-0.25, -0.2) is 4.99 Å². The van der Waals surface area contributed by atoms with Gasteiger partial charge in [-0.2, -0.15) is 0 Å². The van der Waals surface area contributed by atoms with Gasteiger partial charge in [0.05, 0.1) is 12.8 Å². The fourth-order valence-corrected chi connectivity index (χ4v) is 1.93. The Labute approximate surface area is 92.9 Å². The Bertz CT molecular complexity index is 496. The largest absolute Gasteiger partial charge is 0.466 e. The number of ether oxygens (including phenoxy) is 1. The maximum absolute atomic E-state index is 5.60. The molecule has 1 aromatic carbocycles. The highest BCUT2D eigenvalue weighted by Crippen LogP contribution is 2.39. The smallest absolute Gasteiger partial charge is 0.336 e. The summed E-state index contributed by atoms with van der Waals surface area (Å²) < 4.78 is 5.01. The number of amidine groups is 1. The average Bonchev–Trinajstić information content (AvgIpc) is 2.67. The van der Waals surface area contributed by atoms with Gasteiger partial charge in [-0.3, -0.25) is 0 Å². The normalized spacial score (nSPS) is 21.6. The Balaban J connectivity index is 2.06. The first-order chi connectivity index (χ1) is 7.79. The van der Waals surface area contributed by atoms with Crippen molar-refractivity contribution >= 4 is 11.7 Å². The number of hydroxylamine groups is 1. The van der Waals surface area contributed by atoms with Crippen LogP contribution in [-0.2, 0) is 4.74 Å². The first-order valence-corrected chi connectivity index (χ1v) is 5.03. The number of benzene rings is 1. The van der Waals surface area contributed by atoms with Crippen LogP contribution in [0.1, 0.15) is 18.5 Å². The molecule has 1 unspecified atom stereocenters. The number of para-hydroxylation sites is 1. The molecule has 5 nitrogen and oxygen atoms in total. The number of aliphatic imine (C=N–C) groups is 1. The van der Waals surface area contributed by atoms with E-state index in [4.69, 9.17) is 9.57 Å². The molecule has 0 radical (unpaired) electrons. The molecule has 16 heavy (non-hydrogen) atoms. The summed E-state index contributed by atoms with van der Waals surface area (Å²) in [7, 11) is 1.54. The third kappa shape index (κ3) is 1.18. The Morgan fingerprint density at radius 3 is 3.00 bits per heavy atom. The first-order valence-electron chi connectivity index (χ1n) is 5.03. The number of methoxy groups -OCH3 is 1. The van der Waals surface area contributed by atoms with Crippen LogP contribution in [-0.4, -0.2) is 24.0 Å². The van der Waals surface area contributed by atoms with Crippen LogP contribution in [0.4, 0.5) is 0 Å². The van der Waals surface area contributed by atoms with Crippen molar-refractivity contribution in [3.63, 3.8) is 0 Å². The standard InChI is InChI=1S/C11H11N3O2/c1-7-10-8-5-3-4-6-9(8)16-14(10)13-11(12-7)15-2/h3-6,10H,1-2H3. The molecule has 3 rings (SSSR count). The second-order valence-electron chi connectivity index (χ2n) is 3.67. The van der Waals surface area contributed by atoms with Crippen LogP contribution in [0.25, 0.3) is 0 Å². The van der Waals surface area contributed by atoms with Crippen LogP contribution in [0.3, 0.4) is 0 Å². The van der Waals surface area contributed by atoms with Gasteiger partial charge in [-0.05, 0) is 13.0 Å². The third-order valence-electron chi connectivity index (χ3n) is 2.66. The van der Waals surface area contributed by atoms with Gasteiger partial charge in [0, 0.05) is 5.56 Å². The molecular weight excluding hydrogens is 206 g/mol. The number of nitrogens with zero attached hydrogens (tertiary/aromatic N) is 3. The minimum absolute atomic E-state index is 0.0323. The highest BCUT2D eigenvalue weighted by molar-refractivity contribution is 5.99. The van der Waals surface area contributed by atoms with Gasteiger partial charge >= 0.3 is 6.02 Å². The van der Waals surface area contributed by atoms with Gasteiger partial charge in [0.25, 0.3) is 0 Å². The lowest BCUT2D eigenvalue weighted by atomic mass is 10.0. The minimum Gasteiger partial charge on any atom is -0.466 e. The summed E-state index contributed by atoms with van der Waals surface area (Å²) in [5.41, 5.74) is 2.00. The molecule has 1 atom stereocenters. The molecule has 0 N–H and O–H groups in total. The van der Waals surface area contributed by atoms with Crippen LogP contribution >= 0.6 is 0 Å². The molecular formula is C11H11N3O2. The lowest BCUT2D eigenvalue weighted by molar-refractivity contribution is -0.0545. The van der Waals surface area contributed by atoms with E-state index in [9.17, 15) is 0 Å². The van der Waals surface area contributed by atoms with E-state index >= 15 is 0 Å². The Kier molecular flexibility index (Phi) is 1.86. The molecule has 0 spiro atoms. The van der Waals surface area contributed by atoms with Crippen molar-refractivity contribution < 1.29 is 9.57 Å². The Hall–Kier alpha value is -2.04. The Morgan fingerprint density at radius 2 is 2.19 bits per heavy atom. The average molecular weight is 217 g/mol. The summed E-state index contributed by atoms with van der Waals surface area (Å²) in [5, 5.41) is 5.68. The monoisotopic (exact) mass is 217 g/mol. The van der Waals surface area contributed by atoms with Gasteiger partial charge in [0.1, 0.15) is 0 Å². The molecule has 0 fully saturated rings. The molecule has 0 saturated carbocycles. The number of fused-ring (bicyclic) bond motifs is 3. The van der Waals surface area contributed by atoms with E-state index < -0.39 is 0 Å². The molecule has 0 saturated heterocycles. The molecule has 0 amide bonds. The van der Waals surface area contributed by atoms with Gasteiger partial charge in [0.15, 0.2) is 11.8 Å². The summed E-state index contributed by atoms with van der Waals surface area (Å²) >= 11 is 0. The summed E-state index contributed by atoms with van der Waals surface area (Å²) in [5.74, 6) is 0.822. The van der Waals surface area contributed by atoms with Gasteiger partial charge < -0.3 is 9.57 Å². The van der Waals surface area contributed by atoms with Crippen LogP contribution in [0.5, 0.6) is 5.75 Å². The molecule has 0 bridgehead atoms. The molecule has 2 aliphatic rings. The number of hydrazone groups is 1. The van der Waals surface area contributed by atoms with Crippen molar-refractivity contribution in [2.45, 2.75) is 13.0 Å². The van der Waals surface area contributed by atoms with Crippen LogP contribution in [0.15, 0.2) is 34.4 Å². The molecule has 82 valence electrons. The van der Waals surface area contributed by atoms with Crippen molar-refractivity contribution in [1.82, 2.24) is 5.17 Å². The molecule has 0 aliphatic carbocycles. The minimum atomic E-state index is -0.0323. The lowest BCUT2D eigenvalue weighted by Crippen LogP contribution is -2.31. The predicted octanol–water partition coefficient (Wildman–Crippen LogP) is 1.73. The zero-order valence-electron chi connectivity index (χ0n) is 9.04. The fourth-order valence-electron chi connectivity index (χ4n) is 1.93. The van der Waals surface area contributed by atoms with E-state index in [1.54, 1.807) is 7.11 Å². The zero-order chi connectivity index (χ0) is 11.1. The predicted molar refractivity (Wildman–Crippen MR) is 59.2 cm³/mol. The van der Waals surface area contributed by atoms with Crippen LogP contribution in [0, 0.1) is 0 Å². The van der Waals surface area contributed by atoms with Crippen molar-refractivity contribution in [3.05, 3.63) is 29.8 Å². The molecule has 5 heteroatoms. The zero-order valence-corrected chi connectivity index (χ0v) is 9.04. The van der Waals surface area contributed by atoms with Crippen molar-refractivity contribution in [2.75, 3.05) is 7.11 Å². The Morgan fingerprint density at radius 1 is 1.38 bits per heavy atom. The second kappa shape index (κ2) is 3.23. The quantitative estimate of drug-likeness (QED) is 0.664. The van der Waals surface area contributed by atoms with E-state index in [2.05, 4.69) is 10.1 Å². The molecule has 2 aliphatic heterocycles. The van der Waals surface area contributed by atoms with E-state index in [0.29, 0.717) is 6.02 Å². The van der Waals surface area contributed by atoms with Gasteiger partial charge in [0.2, 0.25) is 0 Å². The highest BCUT2D eigenvalue weighted by atomic mass is 16.7. The number of rotatable bonds is 0. The third-order valence-corrected chi connectivity index (χ3v) is 2.66. The van der Waals surface area contributed by atoms with Gasteiger partial charge in [-0.1, -0.05) is 23.3 Å². The van der Waals surface area contributed by atoms with Crippen molar-refractivity contribution in [3.8, 4) is 5.75 Å². The lowest BCUT2D eigenvalue weighted by Gasteiger charge is -2.22. The van der Waals surface area contributed by atoms with Gasteiger partial charge in [-0.15, -0.1) is 5.17 Å². The summed E-state index contributed by atoms with van der Waals surface area (Å²) in [6.45, 7) is 1.94. The molecule has 1 aromatic rings. The van der Waals surface area contributed by atoms with Crippen molar-refractivity contribution in [2.24, 2.45) is 10.1 Å². The second-order valence-corrected chi connectivity index (χ2v) is 3.67. The SMILES string of the molecule is COC1=NN2Oc3ccccc3C2C(C)=N1. The number of hydrogen-bond donors (Lipinski definition) is 0. The number of hydrogen-bond acceptors (Lipinski definition) is 5. The first kappa shape index (κ1) is 9.21. The van der Waals surface area contributed by atoms with E-state index in [0.717, 1.165) is 17.0 Å². The topological polar surface area (TPSA) is 46.4 Å². The summed E-state index contributed by atoms with van der Waals surface area (Å²) in [6.07, 6.45) is 0. The summed E-state index contributed by atoms with van der Waals surface area (Å²) in [6, 6.07) is 8.14. The van der Waals surface area contributed by atoms with E-state index in [1.165, 1.54) is 5.17 Å². The summed E-state index contributed by atoms with van der Waals surface area (Å²) in [4.78, 5) is 9.86. The maximum atomic E-state index is 5.60. The maximum Gasteiger partial charge on any atom is 0.336 e. The molecule has 2 heterocycles. The van der Waals surface area contributed by atoms with Crippen molar-refractivity contribution in [1.29, 1.82) is 0 Å². The van der Waals surface area contributed by atoms with Crippen LogP contribution < -0.4 is 4.84 Å². The van der Waals surface area contributed by atoms with E-state index in [1.807, 2.05) is 31.2 Å².